The molecule has 0 aliphatic heterocycles. The monoisotopic (exact) mass is 322 g/mol. The SMILES string of the molecule is Cc1ccc(OCC(=O)OCC(=O)NC(=O)NC(C)C)c(C)c1. The zero-order valence-electron chi connectivity index (χ0n) is 13.8. The molecule has 0 aliphatic carbocycles. The first-order valence-corrected chi connectivity index (χ1v) is 7.24. The predicted molar refractivity (Wildman–Crippen MR) is 84.2 cm³/mol. The van der Waals surface area contributed by atoms with Crippen LogP contribution in [-0.4, -0.2) is 37.2 Å². The van der Waals surface area contributed by atoms with Gasteiger partial charge in [0.05, 0.1) is 0 Å². The summed E-state index contributed by atoms with van der Waals surface area (Å²) in [5.41, 5.74) is 2.00. The lowest BCUT2D eigenvalue weighted by Gasteiger charge is -2.11. The first-order chi connectivity index (χ1) is 10.8. The van der Waals surface area contributed by atoms with Gasteiger partial charge in [0.25, 0.3) is 5.91 Å². The van der Waals surface area contributed by atoms with Gasteiger partial charge in [-0.05, 0) is 39.3 Å². The van der Waals surface area contributed by atoms with Crippen LogP contribution >= 0.6 is 0 Å². The van der Waals surface area contributed by atoms with Gasteiger partial charge >= 0.3 is 12.0 Å². The second-order valence-electron chi connectivity index (χ2n) is 5.39. The maximum absolute atomic E-state index is 11.5. The van der Waals surface area contributed by atoms with Crippen LogP contribution in [-0.2, 0) is 14.3 Å². The van der Waals surface area contributed by atoms with E-state index in [1.165, 1.54) is 0 Å². The van der Waals surface area contributed by atoms with E-state index in [0.29, 0.717) is 5.75 Å². The largest absolute Gasteiger partial charge is 0.482 e. The number of nitrogens with one attached hydrogen (secondary N) is 2. The topological polar surface area (TPSA) is 93.7 Å². The number of hydrogen-bond acceptors (Lipinski definition) is 5. The molecule has 7 nitrogen and oxygen atoms in total. The Morgan fingerprint density at radius 3 is 2.43 bits per heavy atom. The molecule has 0 heterocycles. The molecule has 2 N–H and O–H groups in total. The number of esters is 1. The minimum atomic E-state index is -0.706. The van der Waals surface area contributed by atoms with Gasteiger partial charge in [-0.25, -0.2) is 9.59 Å². The van der Waals surface area contributed by atoms with Gasteiger partial charge in [0.15, 0.2) is 13.2 Å². The number of ether oxygens (including phenoxy) is 2. The molecule has 0 saturated carbocycles. The summed E-state index contributed by atoms with van der Waals surface area (Å²) < 4.78 is 10.1. The van der Waals surface area contributed by atoms with Crippen molar-refractivity contribution in [3.8, 4) is 5.75 Å². The van der Waals surface area contributed by atoms with Crippen LogP contribution in [0, 0.1) is 13.8 Å². The van der Waals surface area contributed by atoms with Gasteiger partial charge in [-0.15, -0.1) is 0 Å². The minimum Gasteiger partial charge on any atom is -0.482 e. The molecule has 0 fully saturated rings. The van der Waals surface area contributed by atoms with Crippen molar-refractivity contribution >= 4 is 17.9 Å². The lowest BCUT2D eigenvalue weighted by molar-refractivity contribution is -0.150. The summed E-state index contributed by atoms with van der Waals surface area (Å²) in [4.78, 5) is 34.2. The number of carbonyl (C=O) groups is 3. The van der Waals surface area contributed by atoms with Crippen molar-refractivity contribution in [2.45, 2.75) is 33.7 Å². The van der Waals surface area contributed by atoms with Crippen LogP contribution < -0.4 is 15.4 Å². The van der Waals surface area contributed by atoms with E-state index in [-0.39, 0.29) is 12.6 Å². The Balaban J connectivity index is 2.31. The maximum Gasteiger partial charge on any atom is 0.344 e. The quantitative estimate of drug-likeness (QED) is 0.773. The van der Waals surface area contributed by atoms with Gasteiger partial charge in [-0.2, -0.15) is 0 Å². The molecule has 0 radical (unpaired) electrons. The van der Waals surface area contributed by atoms with Crippen LogP contribution in [0.25, 0.3) is 0 Å². The van der Waals surface area contributed by atoms with E-state index in [9.17, 15) is 14.4 Å². The van der Waals surface area contributed by atoms with Crippen molar-refractivity contribution in [3.63, 3.8) is 0 Å². The standard InChI is InChI=1S/C16H22N2O5/c1-10(2)17-16(21)18-14(19)8-23-15(20)9-22-13-6-5-11(3)7-12(13)4/h5-7,10H,8-9H2,1-4H3,(H2,17,18,19,21). The summed E-state index contributed by atoms with van der Waals surface area (Å²) in [5, 5.41) is 4.53. The Hall–Kier alpha value is -2.57. The highest BCUT2D eigenvalue weighted by atomic mass is 16.6. The summed E-state index contributed by atoms with van der Waals surface area (Å²) in [7, 11) is 0. The fourth-order valence-electron chi connectivity index (χ4n) is 1.75. The molecule has 126 valence electrons. The molecule has 1 aromatic rings. The molecular formula is C16H22N2O5. The average molecular weight is 322 g/mol. The van der Waals surface area contributed by atoms with Gasteiger partial charge in [-0.1, -0.05) is 17.7 Å². The summed E-state index contributed by atoms with van der Waals surface area (Å²) in [6.07, 6.45) is 0. The lowest BCUT2D eigenvalue weighted by atomic mass is 10.1. The van der Waals surface area contributed by atoms with E-state index in [4.69, 9.17) is 9.47 Å². The Morgan fingerprint density at radius 1 is 1.13 bits per heavy atom. The molecule has 0 aromatic heterocycles. The van der Waals surface area contributed by atoms with E-state index in [0.717, 1.165) is 11.1 Å². The van der Waals surface area contributed by atoms with Crippen molar-refractivity contribution < 1.29 is 23.9 Å². The number of amides is 3. The lowest BCUT2D eigenvalue weighted by Crippen LogP contribution is -2.44. The molecule has 23 heavy (non-hydrogen) atoms. The van der Waals surface area contributed by atoms with Gasteiger partial charge in [0, 0.05) is 6.04 Å². The highest BCUT2D eigenvalue weighted by molar-refractivity contribution is 5.95. The summed E-state index contributed by atoms with van der Waals surface area (Å²) in [6, 6.07) is 4.83. The highest BCUT2D eigenvalue weighted by Crippen LogP contribution is 2.18. The number of imide groups is 1. The summed E-state index contributed by atoms with van der Waals surface area (Å²) in [5.74, 6) is -0.819. The summed E-state index contributed by atoms with van der Waals surface area (Å²) >= 11 is 0. The normalized spacial score (nSPS) is 10.1. The number of urea groups is 1. The van der Waals surface area contributed by atoms with Crippen molar-refractivity contribution in [3.05, 3.63) is 29.3 Å². The minimum absolute atomic E-state index is 0.100. The fourth-order valence-corrected chi connectivity index (χ4v) is 1.75. The Morgan fingerprint density at radius 2 is 1.83 bits per heavy atom. The molecule has 3 amide bonds. The van der Waals surface area contributed by atoms with Crippen LogP contribution in [0.3, 0.4) is 0 Å². The van der Waals surface area contributed by atoms with Crippen LogP contribution in [0.5, 0.6) is 5.75 Å². The molecule has 0 bridgehead atoms. The maximum atomic E-state index is 11.5. The van der Waals surface area contributed by atoms with E-state index in [1.54, 1.807) is 19.9 Å². The van der Waals surface area contributed by atoms with Crippen molar-refractivity contribution in [2.75, 3.05) is 13.2 Å². The van der Waals surface area contributed by atoms with Crippen LogP contribution in [0.4, 0.5) is 4.79 Å². The van der Waals surface area contributed by atoms with Gasteiger partial charge < -0.3 is 14.8 Å². The van der Waals surface area contributed by atoms with Crippen LogP contribution in [0.2, 0.25) is 0 Å². The Bertz CT molecular complexity index is 584. The molecule has 1 rings (SSSR count). The van der Waals surface area contributed by atoms with E-state index in [1.807, 2.05) is 31.3 Å². The first-order valence-electron chi connectivity index (χ1n) is 7.24. The first kappa shape index (κ1) is 18.5. The zero-order chi connectivity index (χ0) is 17.4. The third-order valence-corrected chi connectivity index (χ3v) is 2.71. The van der Waals surface area contributed by atoms with E-state index in [2.05, 4.69) is 5.32 Å². The third kappa shape index (κ3) is 7.30. The fraction of sp³-hybridized carbons (Fsp3) is 0.438. The van der Waals surface area contributed by atoms with Crippen molar-refractivity contribution in [1.29, 1.82) is 0 Å². The van der Waals surface area contributed by atoms with Crippen LogP contribution in [0.15, 0.2) is 18.2 Å². The van der Waals surface area contributed by atoms with E-state index < -0.39 is 24.5 Å². The smallest absolute Gasteiger partial charge is 0.344 e. The Labute approximate surface area is 135 Å². The second kappa shape index (κ2) is 8.77. The van der Waals surface area contributed by atoms with Crippen LogP contribution in [0.1, 0.15) is 25.0 Å². The second-order valence-corrected chi connectivity index (χ2v) is 5.39. The molecule has 0 unspecified atom stereocenters. The third-order valence-electron chi connectivity index (χ3n) is 2.71. The number of hydrogen-bond donors (Lipinski definition) is 2. The van der Waals surface area contributed by atoms with Gasteiger partial charge in [0.2, 0.25) is 0 Å². The molecule has 0 spiro atoms. The van der Waals surface area contributed by atoms with Gasteiger partial charge in [-0.3, -0.25) is 10.1 Å². The highest BCUT2D eigenvalue weighted by Gasteiger charge is 2.12. The summed E-state index contributed by atoms with van der Waals surface area (Å²) in [6.45, 7) is 6.49. The zero-order valence-corrected chi connectivity index (χ0v) is 13.8. The number of benzene rings is 1. The average Bonchev–Trinajstić information content (AvgIpc) is 2.43. The van der Waals surface area contributed by atoms with Gasteiger partial charge in [0.1, 0.15) is 5.75 Å². The van der Waals surface area contributed by atoms with Crippen molar-refractivity contribution in [2.24, 2.45) is 0 Å². The molecular weight excluding hydrogens is 300 g/mol. The number of rotatable bonds is 6. The molecule has 0 aliphatic rings. The molecule has 7 heteroatoms. The number of carbonyl (C=O) groups excluding carboxylic acids is 3. The molecule has 0 atom stereocenters. The number of aryl methyl sites for hydroxylation is 2. The molecule has 1 aromatic carbocycles. The predicted octanol–water partition coefficient (Wildman–Crippen LogP) is 1.46. The van der Waals surface area contributed by atoms with E-state index >= 15 is 0 Å². The van der Waals surface area contributed by atoms with Crippen molar-refractivity contribution in [1.82, 2.24) is 10.6 Å². The Kier molecular flexibility index (Phi) is 7.05. The molecule has 0 saturated heterocycles.